The fourth-order valence-corrected chi connectivity index (χ4v) is 3.73. The van der Waals surface area contributed by atoms with Crippen molar-refractivity contribution in [1.82, 2.24) is 10.2 Å². The largest absolute Gasteiger partial charge is 0.422 e. The Labute approximate surface area is 185 Å². The van der Waals surface area contributed by atoms with Gasteiger partial charge in [-0.3, -0.25) is 4.79 Å². The first-order valence-electron chi connectivity index (χ1n) is 8.90. The molecule has 8 nitrogen and oxygen atoms in total. The van der Waals surface area contributed by atoms with Gasteiger partial charge in [0.05, 0.1) is 5.69 Å². The van der Waals surface area contributed by atoms with E-state index >= 15 is 0 Å². The summed E-state index contributed by atoms with van der Waals surface area (Å²) in [5, 5.41) is 10.8. The summed E-state index contributed by atoms with van der Waals surface area (Å²) < 4.78 is 29.0. The van der Waals surface area contributed by atoms with E-state index < -0.39 is 21.4 Å². The fourth-order valence-electron chi connectivity index (χ4n) is 2.85. The molecule has 0 spiro atoms. The normalized spacial score (nSPS) is 11.4. The highest BCUT2D eigenvalue weighted by Crippen LogP contribution is 2.22. The molecule has 0 fully saturated rings. The Morgan fingerprint density at radius 1 is 1.00 bits per heavy atom. The van der Waals surface area contributed by atoms with Crippen molar-refractivity contribution in [2.45, 2.75) is 5.03 Å². The van der Waals surface area contributed by atoms with E-state index in [-0.39, 0.29) is 10.6 Å². The molecule has 0 atom stereocenters. The van der Waals surface area contributed by atoms with Crippen molar-refractivity contribution in [2.75, 3.05) is 11.6 Å². The maximum absolute atomic E-state index is 12.6. The summed E-state index contributed by atoms with van der Waals surface area (Å²) in [6, 6.07) is 16.2. The third kappa shape index (κ3) is 4.54. The maximum atomic E-state index is 12.6. The SMILES string of the molecule is CS(=O)(=O)c1ccc(-c2ccc(NC(=O)c3cc4cc(Br)ccc4oc3=O)cc2)nn1. The molecule has 2 aromatic heterocycles. The van der Waals surface area contributed by atoms with Crippen LogP contribution >= 0.6 is 15.9 Å². The number of carbonyl (C=O) groups is 1. The van der Waals surface area contributed by atoms with E-state index in [1.54, 1.807) is 48.5 Å². The van der Waals surface area contributed by atoms with E-state index in [1.807, 2.05) is 0 Å². The number of aromatic nitrogens is 2. The summed E-state index contributed by atoms with van der Waals surface area (Å²) in [5.41, 5.74) is 1.16. The van der Waals surface area contributed by atoms with Gasteiger partial charge >= 0.3 is 5.63 Å². The van der Waals surface area contributed by atoms with E-state index in [0.717, 1.165) is 10.7 Å². The Balaban J connectivity index is 1.55. The molecular weight excluding hydrogens is 486 g/mol. The number of rotatable bonds is 4. The maximum Gasteiger partial charge on any atom is 0.349 e. The molecule has 0 saturated carbocycles. The van der Waals surface area contributed by atoms with Crippen molar-refractivity contribution >= 4 is 48.3 Å². The highest BCUT2D eigenvalue weighted by Gasteiger charge is 2.15. The van der Waals surface area contributed by atoms with Gasteiger partial charge in [-0.15, -0.1) is 10.2 Å². The van der Waals surface area contributed by atoms with Gasteiger partial charge in [0, 0.05) is 27.4 Å². The molecule has 0 radical (unpaired) electrons. The molecule has 2 heterocycles. The zero-order chi connectivity index (χ0) is 22.2. The van der Waals surface area contributed by atoms with E-state index in [4.69, 9.17) is 4.42 Å². The smallest absolute Gasteiger partial charge is 0.349 e. The number of hydrogen-bond donors (Lipinski definition) is 1. The van der Waals surface area contributed by atoms with Crippen LogP contribution < -0.4 is 10.9 Å². The number of sulfone groups is 1. The molecule has 4 aromatic rings. The predicted molar refractivity (Wildman–Crippen MR) is 119 cm³/mol. The molecule has 0 aliphatic heterocycles. The highest BCUT2D eigenvalue weighted by molar-refractivity contribution is 9.10. The summed E-state index contributed by atoms with van der Waals surface area (Å²) in [7, 11) is -3.43. The van der Waals surface area contributed by atoms with Gasteiger partial charge in [0.2, 0.25) is 0 Å². The van der Waals surface area contributed by atoms with Crippen molar-refractivity contribution in [3.05, 3.63) is 81.1 Å². The zero-order valence-corrected chi connectivity index (χ0v) is 18.4. The van der Waals surface area contributed by atoms with Gasteiger partial charge in [0.15, 0.2) is 14.9 Å². The number of amides is 1. The molecule has 10 heteroatoms. The summed E-state index contributed by atoms with van der Waals surface area (Å²) in [4.78, 5) is 24.8. The van der Waals surface area contributed by atoms with E-state index in [1.165, 1.54) is 12.1 Å². The number of nitrogens with zero attached hydrogens (tertiary/aromatic N) is 2. The Morgan fingerprint density at radius 3 is 2.39 bits per heavy atom. The molecule has 1 amide bonds. The second kappa shape index (κ2) is 8.05. The molecule has 0 unspecified atom stereocenters. The van der Waals surface area contributed by atoms with Gasteiger partial charge in [0.1, 0.15) is 11.1 Å². The lowest BCUT2D eigenvalue weighted by Crippen LogP contribution is -2.20. The van der Waals surface area contributed by atoms with Crippen molar-refractivity contribution < 1.29 is 17.6 Å². The van der Waals surface area contributed by atoms with Gasteiger partial charge in [-0.2, -0.15) is 0 Å². The van der Waals surface area contributed by atoms with Crippen LogP contribution in [0.3, 0.4) is 0 Å². The lowest BCUT2D eigenvalue weighted by atomic mass is 10.1. The average molecular weight is 500 g/mol. The number of nitrogens with one attached hydrogen (secondary N) is 1. The molecule has 0 saturated heterocycles. The molecule has 31 heavy (non-hydrogen) atoms. The van der Waals surface area contributed by atoms with E-state index in [2.05, 4.69) is 31.4 Å². The number of anilines is 1. The number of benzene rings is 2. The van der Waals surface area contributed by atoms with Gasteiger partial charge in [-0.05, 0) is 48.5 Å². The zero-order valence-electron chi connectivity index (χ0n) is 16.0. The Hall–Kier alpha value is -3.37. The molecule has 0 aliphatic carbocycles. The Kier molecular flexibility index (Phi) is 5.42. The van der Waals surface area contributed by atoms with E-state index in [9.17, 15) is 18.0 Å². The van der Waals surface area contributed by atoms with Crippen molar-refractivity contribution in [2.24, 2.45) is 0 Å². The second-order valence-corrected chi connectivity index (χ2v) is 9.57. The third-order valence-electron chi connectivity index (χ3n) is 4.40. The van der Waals surface area contributed by atoms with Gasteiger partial charge in [0.25, 0.3) is 5.91 Å². The second-order valence-electron chi connectivity index (χ2n) is 6.69. The fraction of sp³-hybridized carbons (Fsp3) is 0.0476. The van der Waals surface area contributed by atoms with Gasteiger partial charge in [-0.1, -0.05) is 28.1 Å². The first kappa shape index (κ1) is 20.9. The van der Waals surface area contributed by atoms with Crippen LogP contribution in [0.4, 0.5) is 5.69 Å². The van der Waals surface area contributed by atoms with Gasteiger partial charge < -0.3 is 9.73 Å². The predicted octanol–water partition coefficient (Wildman–Crippen LogP) is 3.67. The molecule has 4 rings (SSSR count). The highest BCUT2D eigenvalue weighted by atomic mass is 79.9. The molecule has 0 aliphatic rings. The number of halogens is 1. The minimum atomic E-state index is -3.43. The van der Waals surface area contributed by atoms with Crippen molar-refractivity contribution in [3.63, 3.8) is 0 Å². The minimum Gasteiger partial charge on any atom is -0.422 e. The quantitative estimate of drug-likeness (QED) is 0.425. The van der Waals surface area contributed by atoms with Crippen LogP contribution in [0.15, 0.2) is 79.4 Å². The first-order valence-corrected chi connectivity index (χ1v) is 11.6. The molecular formula is C21H14BrN3O5S. The molecule has 1 N–H and O–H groups in total. The van der Waals surface area contributed by atoms with Crippen LogP contribution in [-0.2, 0) is 9.84 Å². The summed E-state index contributed by atoms with van der Waals surface area (Å²) >= 11 is 3.35. The number of carbonyl (C=O) groups excluding carboxylic acids is 1. The lowest BCUT2D eigenvalue weighted by molar-refractivity contribution is 0.102. The molecule has 0 bridgehead atoms. The van der Waals surface area contributed by atoms with Crippen molar-refractivity contribution in [1.29, 1.82) is 0 Å². The van der Waals surface area contributed by atoms with Crippen LogP contribution in [-0.4, -0.2) is 30.8 Å². The Bertz CT molecular complexity index is 1460. The van der Waals surface area contributed by atoms with E-state index in [0.29, 0.717) is 27.9 Å². The monoisotopic (exact) mass is 499 g/mol. The standard InChI is InChI=1S/C21H14BrN3O5S/c1-31(28,29)19-9-7-17(24-25-19)12-2-5-15(6-3-12)23-20(26)16-11-13-10-14(22)4-8-18(13)30-21(16)27/h2-11H,1H3,(H,23,26). The Morgan fingerprint density at radius 2 is 1.74 bits per heavy atom. The van der Waals surface area contributed by atoms with Gasteiger partial charge in [-0.25, -0.2) is 13.2 Å². The molecule has 2 aromatic carbocycles. The lowest BCUT2D eigenvalue weighted by Gasteiger charge is -2.07. The average Bonchev–Trinajstić information content (AvgIpc) is 2.73. The minimum absolute atomic E-state index is 0.110. The third-order valence-corrected chi connectivity index (χ3v) is 5.87. The summed E-state index contributed by atoms with van der Waals surface area (Å²) in [6.07, 6.45) is 1.06. The number of fused-ring (bicyclic) bond motifs is 1. The topological polar surface area (TPSA) is 119 Å². The van der Waals surface area contributed by atoms with Crippen LogP contribution in [0.2, 0.25) is 0 Å². The van der Waals surface area contributed by atoms with Crippen LogP contribution in [0.5, 0.6) is 0 Å². The van der Waals surface area contributed by atoms with Crippen LogP contribution in [0.25, 0.3) is 22.2 Å². The van der Waals surface area contributed by atoms with Crippen LogP contribution in [0, 0.1) is 0 Å². The summed E-state index contributed by atoms with van der Waals surface area (Å²) in [5.74, 6) is -0.597. The summed E-state index contributed by atoms with van der Waals surface area (Å²) in [6.45, 7) is 0. The first-order chi connectivity index (χ1) is 14.7. The van der Waals surface area contributed by atoms with Crippen molar-refractivity contribution in [3.8, 4) is 11.3 Å². The number of hydrogen-bond acceptors (Lipinski definition) is 7. The van der Waals surface area contributed by atoms with Crippen LogP contribution in [0.1, 0.15) is 10.4 Å². The molecule has 156 valence electrons.